The van der Waals surface area contributed by atoms with Gasteiger partial charge in [0.15, 0.2) is 0 Å². The topological polar surface area (TPSA) is 22.1 Å². The van der Waals surface area contributed by atoms with Crippen molar-refractivity contribution in [2.24, 2.45) is 0 Å². The first-order chi connectivity index (χ1) is 8.36. The van der Waals surface area contributed by atoms with E-state index in [1.54, 1.807) is 18.4 Å². The van der Waals surface area contributed by atoms with E-state index in [1.165, 1.54) is 10.1 Å². The minimum atomic E-state index is 0.866. The van der Waals surface area contributed by atoms with Crippen LogP contribution in [0.3, 0.4) is 0 Å². The molecule has 3 aromatic rings. The maximum absolute atomic E-state index is 5.14. The Balaban J connectivity index is 2.06. The highest BCUT2D eigenvalue weighted by molar-refractivity contribution is 7.17. The van der Waals surface area contributed by atoms with Crippen LogP contribution in [0.2, 0.25) is 0 Å². The average Bonchev–Trinajstić information content (AvgIpc) is 2.86. The summed E-state index contributed by atoms with van der Waals surface area (Å²) in [6, 6.07) is 12.2. The number of nitrogens with zero attached hydrogens (tertiary/aromatic N) is 1. The molecule has 84 valence electrons. The zero-order chi connectivity index (χ0) is 11.7. The molecule has 0 atom stereocenters. The van der Waals surface area contributed by atoms with Crippen LogP contribution in [0.1, 0.15) is 0 Å². The summed E-state index contributed by atoms with van der Waals surface area (Å²) >= 11 is 1.71. The predicted molar refractivity (Wildman–Crippen MR) is 71.6 cm³/mol. The molecule has 0 saturated heterocycles. The average molecular weight is 241 g/mol. The Morgan fingerprint density at radius 2 is 1.94 bits per heavy atom. The minimum Gasteiger partial charge on any atom is -0.497 e. The standard InChI is InChI=1S/C14H11NOS/c1-16-12-4-2-10(3-5-12)13-8-11-6-7-17-14(11)9-15-13/h2-9H,1H3. The van der Waals surface area contributed by atoms with E-state index in [2.05, 4.69) is 22.5 Å². The summed E-state index contributed by atoms with van der Waals surface area (Å²) in [5.41, 5.74) is 2.11. The van der Waals surface area contributed by atoms with E-state index in [1.807, 2.05) is 30.5 Å². The Hall–Kier alpha value is -1.87. The van der Waals surface area contributed by atoms with Gasteiger partial charge in [-0.2, -0.15) is 0 Å². The second-order valence-corrected chi connectivity index (χ2v) is 4.70. The number of hydrogen-bond donors (Lipinski definition) is 0. The molecule has 3 heteroatoms. The maximum atomic E-state index is 5.14. The SMILES string of the molecule is COc1ccc(-c2cc3ccsc3cn2)cc1. The molecule has 0 radical (unpaired) electrons. The molecule has 0 amide bonds. The molecule has 0 spiro atoms. The number of thiophene rings is 1. The third-order valence-electron chi connectivity index (χ3n) is 2.73. The van der Waals surface area contributed by atoms with Crippen molar-refractivity contribution < 1.29 is 4.74 Å². The van der Waals surface area contributed by atoms with Gasteiger partial charge in [-0.05, 0) is 47.2 Å². The van der Waals surface area contributed by atoms with E-state index < -0.39 is 0 Å². The first-order valence-electron chi connectivity index (χ1n) is 5.34. The van der Waals surface area contributed by atoms with E-state index in [9.17, 15) is 0 Å². The van der Waals surface area contributed by atoms with E-state index >= 15 is 0 Å². The molecule has 1 aromatic carbocycles. The number of methoxy groups -OCH3 is 1. The van der Waals surface area contributed by atoms with Crippen molar-refractivity contribution in [2.45, 2.75) is 0 Å². The summed E-state index contributed by atoms with van der Waals surface area (Å²) in [4.78, 5) is 4.47. The van der Waals surface area contributed by atoms with Crippen LogP contribution in [0.25, 0.3) is 21.3 Å². The van der Waals surface area contributed by atoms with Crippen molar-refractivity contribution in [3.8, 4) is 17.0 Å². The molecule has 0 unspecified atom stereocenters. The van der Waals surface area contributed by atoms with Gasteiger partial charge in [0.1, 0.15) is 5.75 Å². The first kappa shape index (κ1) is 10.3. The molecule has 0 saturated carbocycles. The normalized spacial score (nSPS) is 10.6. The second-order valence-electron chi connectivity index (χ2n) is 3.76. The molecule has 0 aliphatic carbocycles. The van der Waals surface area contributed by atoms with Crippen molar-refractivity contribution in [3.63, 3.8) is 0 Å². The highest BCUT2D eigenvalue weighted by Gasteiger charge is 2.02. The number of benzene rings is 1. The Kier molecular flexibility index (Phi) is 2.53. The van der Waals surface area contributed by atoms with Crippen LogP contribution < -0.4 is 4.74 Å². The summed E-state index contributed by atoms with van der Waals surface area (Å²) < 4.78 is 6.37. The summed E-state index contributed by atoms with van der Waals surface area (Å²) in [7, 11) is 1.67. The molecule has 2 heterocycles. The fourth-order valence-corrected chi connectivity index (χ4v) is 2.53. The number of hydrogen-bond acceptors (Lipinski definition) is 3. The van der Waals surface area contributed by atoms with Crippen LogP contribution >= 0.6 is 11.3 Å². The zero-order valence-electron chi connectivity index (χ0n) is 9.38. The van der Waals surface area contributed by atoms with Gasteiger partial charge in [0.25, 0.3) is 0 Å². The van der Waals surface area contributed by atoms with Gasteiger partial charge in [0.2, 0.25) is 0 Å². The summed E-state index contributed by atoms with van der Waals surface area (Å²) in [5, 5.41) is 3.33. The Morgan fingerprint density at radius 1 is 1.12 bits per heavy atom. The van der Waals surface area contributed by atoms with Gasteiger partial charge in [-0.3, -0.25) is 4.98 Å². The zero-order valence-corrected chi connectivity index (χ0v) is 10.2. The van der Waals surface area contributed by atoms with Gasteiger partial charge in [-0.1, -0.05) is 0 Å². The third-order valence-corrected chi connectivity index (χ3v) is 3.59. The molecule has 2 nitrogen and oxygen atoms in total. The number of aromatic nitrogens is 1. The fraction of sp³-hybridized carbons (Fsp3) is 0.0714. The summed E-state index contributed by atoms with van der Waals surface area (Å²) in [6.07, 6.45) is 1.93. The van der Waals surface area contributed by atoms with Crippen LogP contribution in [0, 0.1) is 0 Å². The smallest absolute Gasteiger partial charge is 0.118 e. The van der Waals surface area contributed by atoms with Gasteiger partial charge in [0, 0.05) is 11.8 Å². The van der Waals surface area contributed by atoms with E-state index in [-0.39, 0.29) is 0 Å². The number of fused-ring (bicyclic) bond motifs is 1. The molecule has 0 aliphatic rings. The predicted octanol–water partition coefficient (Wildman–Crippen LogP) is 3.97. The minimum absolute atomic E-state index is 0.866. The number of ether oxygens (including phenoxy) is 1. The molecule has 0 bridgehead atoms. The van der Waals surface area contributed by atoms with Crippen molar-refractivity contribution >= 4 is 21.4 Å². The van der Waals surface area contributed by atoms with Crippen LogP contribution in [0.4, 0.5) is 0 Å². The monoisotopic (exact) mass is 241 g/mol. The molecule has 3 rings (SSSR count). The van der Waals surface area contributed by atoms with Crippen LogP contribution in [-0.2, 0) is 0 Å². The molecule has 2 aromatic heterocycles. The molecular weight excluding hydrogens is 230 g/mol. The third kappa shape index (κ3) is 1.89. The maximum Gasteiger partial charge on any atom is 0.118 e. The molecular formula is C14H11NOS. The quantitative estimate of drug-likeness (QED) is 0.677. The lowest BCUT2D eigenvalue weighted by Gasteiger charge is -2.03. The Bertz CT molecular complexity index is 643. The highest BCUT2D eigenvalue weighted by Crippen LogP contribution is 2.26. The number of rotatable bonds is 2. The van der Waals surface area contributed by atoms with Gasteiger partial charge >= 0.3 is 0 Å². The summed E-state index contributed by atoms with van der Waals surface area (Å²) in [6.45, 7) is 0. The second kappa shape index (κ2) is 4.18. The van der Waals surface area contributed by atoms with Gasteiger partial charge in [-0.25, -0.2) is 0 Å². The van der Waals surface area contributed by atoms with E-state index in [0.717, 1.165) is 17.0 Å². The summed E-state index contributed by atoms with van der Waals surface area (Å²) in [5.74, 6) is 0.866. The van der Waals surface area contributed by atoms with Crippen molar-refractivity contribution in [2.75, 3.05) is 7.11 Å². The number of pyridine rings is 1. The van der Waals surface area contributed by atoms with Gasteiger partial charge < -0.3 is 4.74 Å². The van der Waals surface area contributed by atoms with Gasteiger partial charge in [0.05, 0.1) is 17.5 Å². The van der Waals surface area contributed by atoms with Crippen LogP contribution in [0.5, 0.6) is 5.75 Å². The first-order valence-corrected chi connectivity index (χ1v) is 6.22. The van der Waals surface area contributed by atoms with Crippen molar-refractivity contribution in [3.05, 3.63) is 48.0 Å². The van der Waals surface area contributed by atoms with E-state index in [0.29, 0.717) is 0 Å². The molecule has 0 aliphatic heterocycles. The Morgan fingerprint density at radius 3 is 2.71 bits per heavy atom. The lowest BCUT2D eigenvalue weighted by molar-refractivity contribution is 0.415. The van der Waals surface area contributed by atoms with Crippen LogP contribution in [-0.4, -0.2) is 12.1 Å². The molecule has 17 heavy (non-hydrogen) atoms. The fourth-order valence-electron chi connectivity index (χ4n) is 1.79. The van der Waals surface area contributed by atoms with E-state index in [4.69, 9.17) is 4.74 Å². The van der Waals surface area contributed by atoms with Crippen LogP contribution in [0.15, 0.2) is 48.0 Å². The lowest BCUT2D eigenvalue weighted by Crippen LogP contribution is -1.84. The largest absolute Gasteiger partial charge is 0.497 e. The molecule has 0 fully saturated rings. The van der Waals surface area contributed by atoms with Gasteiger partial charge in [-0.15, -0.1) is 11.3 Å². The van der Waals surface area contributed by atoms with Crippen molar-refractivity contribution in [1.29, 1.82) is 0 Å². The molecule has 0 N–H and O–H groups in total. The van der Waals surface area contributed by atoms with Crippen molar-refractivity contribution in [1.82, 2.24) is 4.98 Å². The lowest BCUT2D eigenvalue weighted by atomic mass is 10.1. The highest BCUT2D eigenvalue weighted by atomic mass is 32.1. The Labute approximate surface area is 104 Å².